The topological polar surface area (TPSA) is 47.8 Å². The molecule has 20 heavy (non-hydrogen) atoms. The molecule has 0 amide bonds. The zero-order valence-electron chi connectivity index (χ0n) is 11.5. The van der Waals surface area contributed by atoms with Gasteiger partial charge in [0.15, 0.2) is 11.0 Å². The average Bonchev–Trinajstić information content (AvgIpc) is 2.81. The van der Waals surface area contributed by atoms with Crippen LogP contribution in [0.25, 0.3) is 11.4 Å². The van der Waals surface area contributed by atoms with E-state index in [9.17, 15) is 4.79 Å². The number of hydrogen-bond acceptors (Lipinski definition) is 4. The molecule has 1 aromatic carbocycles. The molecule has 1 heterocycles. The lowest BCUT2D eigenvalue weighted by Gasteiger charge is -2.07. The summed E-state index contributed by atoms with van der Waals surface area (Å²) in [6, 6.07) is 7.57. The number of aromatic nitrogens is 3. The van der Waals surface area contributed by atoms with E-state index in [0.29, 0.717) is 11.4 Å². The second kappa shape index (κ2) is 6.90. The van der Waals surface area contributed by atoms with Gasteiger partial charge in [0.25, 0.3) is 0 Å². The Balaban J connectivity index is 2.23. The van der Waals surface area contributed by atoms with Gasteiger partial charge >= 0.3 is 0 Å². The number of thioether (sulfide) groups is 1. The number of carbonyl (C=O) groups excluding carboxylic acids is 1. The molecule has 0 atom stereocenters. The largest absolute Gasteiger partial charge is 0.302 e. The van der Waals surface area contributed by atoms with E-state index < -0.39 is 0 Å². The predicted octanol–water partition coefficient (Wildman–Crippen LogP) is 3.69. The third kappa shape index (κ3) is 3.61. The lowest BCUT2D eigenvalue weighted by Crippen LogP contribution is -2.01. The molecule has 0 saturated heterocycles. The molecule has 0 saturated carbocycles. The highest BCUT2D eigenvalue weighted by molar-refractivity contribution is 7.99. The molecule has 0 N–H and O–H groups in total. The van der Waals surface area contributed by atoms with Crippen molar-refractivity contribution in [1.82, 2.24) is 14.8 Å². The van der Waals surface area contributed by atoms with Gasteiger partial charge in [0.2, 0.25) is 0 Å². The van der Waals surface area contributed by atoms with Crippen LogP contribution in [0, 0.1) is 0 Å². The molecule has 4 nitrogen and oxygen atoms in total. The van der Waals surface area contributed by atoms with Crippen LogP contribution in [0.2, 0.25) is 5.02 Å². The third-order valence-electron chi connectivity index (χ3n) is 2.80. The summed E-state index contributed by atoms with van der Waals surface area (Å²) in [6.45, 7) is 4.42. The molecular formula is C14H16ClN3OS. The number of ketones is 1. The third-order valence-corrected chi connectivity index (χ3v) is 4.00. The Morgan fingerprint density at radius 2 is 2.20 bits per heavy atom. The maximum Gasteiger partial charge on any atom is 0.191 e. The van der Waals surface area contributed by atoms with Crippen molar-refractivity contribution in [2.45, 2.75) is 32.0 Å². The molecule has 0 fully saturated rings. The first-order chi connectivity index (χ1) is 9.61. The molecule has 0 aliphatic carbocycles. The van der Waals surface area contributed by atoms with Crippen LogP contribution in [0.1, 0.15) is 20.3 Å². The van der Waals surface area contributed by atoms with Gasteiger partial charge < -0.3 is 4.57 Å². The van der Waals surface area contributed by atoms with Gasteiger partial charge in [-0.25, -0.2) is 0 Å². The SMILES string of the molecule is CCn1c(SCCC(C)=O)nnc1-c1cccc(Cl)c1. The van der Waals surface area contributed by atoms with Crippen LogP contribution < -0.4 is 0 Å². The molecule has 0 spiro atoms. The van der Waals surface area contributed by atoms with Gasteiger partial charge in [-0.3, -0.25) is 4.79 Å². The summed E-state index contributed by atoms with van der Waals surface area (Å²) >= 11 is 7.57. The maximum absolute atomic E-state index is 11.0. The highest BCUT2D eigenvalue weighted by atomic mass is 35.5. The molecule has 0 aliphatic rings. The van der Waals surface area contributed by atoms with Crippen molar-refractivity contribution in [2.75, 3.05) is 5.75 Å². The van der Waals surface area contributed by atoms with Crippen molar-refractivity contribution in [3.63, 3.8) is 0 Å². The fraction of sp³-hybridized carbons (Fsp3) is 0.357. The molecular weight excluding hydrogens is 294 g/mol. The van der Waals surface area contributed by atoms with E-state index >= 15 is 0 Å². The van der Waals surface area contributed by atoms with E-state index in [1.807, 2.05) is 35.8 Å². The van der Waals surface area contributed by atoms with E-state index in [0.717, 1.165) is 28.8 Å². The van der Waals surface area contributed by atoms with Gasteiger partial charge in [0, 0.05) is 29.3 Å². The Kier molecular flexibility index (Phi) is 5.20. The number of Topliss-reactive ketones (excluding diaryl/α,β-unsaturated/α-hetero) is 1. The van der Waals surface area contributed by atoms with Gasteiger partial charge in [-0.1, -0.05) is 35.5 Å². The molecule has 0 bridgehead atoms. The number of nitrogens with zero attached hydrogens (tertiary/aromatic N) is 3. The van der Waals surface area contributed by atoms with E-state index in [2.05, 4.69) is 10.2 Å². The van der Waals surface area contributed by atoms with Crippen molar-refractivity contribution in [3.8, 4) is 11.4 Å². The van der Waals surface area contributed by atoms with Gasteiger partial charge in [-0.15, -0.1) is 10.2 Å². The summed E-state index contributed by atoms with van der Waals surface area (Å²) in [6.07, 6.45) is 0.549. The van der Waals surface area contributed by atoms with Gasteiger partial charge in [0.05, 0.1) is 0 Å². The highest BCUT2D eigenvalue weighted by Crippen LogP contribution is 2.26. The van der Waals surface area contributed by atoms with Crippen LogP contribution in [0.4, 0.5) is 0 Å². The van der Waals surface area contributed by atoms with Crippen molar-refractivity contribution >= 4 is 29.1 Å². The molecule has 0 aliphatic heterocycles. The van der Waals surface area contributed by atoms with Crippen LogP contribution in [0.15, 0.2) is 29.4 Å². The van der Waals surface area contributed by atoms with Crippen LogP contribution >= 0.6 is 23.4 Å². The standard InChI is InChI=1S/C14H16ClN3OS/c1-3-18-13(11-5-4-6-12(15)9-11)16-17-14(18)20-8-7-10(2)19/h4-6,9H,3,7-8H2,1-2H3. The zero-order chi connectivity index (χ0) is 14.5. The average molecular weight is 310 g/mol. The molecule has 2 rings (SSSR count). The highest BCUT2D eigenvalue weighted by Gasteiger charge is 2.13. The minimum absolute atomic E-state index is 0.190. The summed E-state index contributed by atoms with van der Waals surface area (Å²) < 4.78 is 2.04. The fourth-order valence-electron chi connectivity index (χ4n) is 1.81. The number of benzene rings is 1. The number of hydrogen-bond donors (Lipinski definition) is 0. The van der Waals surface area contributed by atoms with Crippen LogP contribution in [-0.4, -0.2) is 26.3 Å². The lowest BCUT2D eigenvalue weighted by molar-refractivity contribution is -0.116. The van der Waals surface area contributed by atoms with Crippen LogP contribution in [0.5, 0.6) is 0 Å². The summed E-state index contributed by atoms with van der Waals surface area (Å²) in [5.41, 5.74) is 0.949. The molecule has 0 radical (unpaired) electrons. The van der Waals surface area contributed by atoms with Crippen LogP contribution in [0.3, 0.4) is 0 Å². The monoisotopic (exact) mass is 309 g/mol. The van der Waals surface area contributed by atoms with Gasteiger partial charge in [-0.2, -0.15) is 0 Å². The van der Waals surface area contributed by atoms with Crippen molar-refractivity contribution in [2.24, 2.45) is 0 Å². The van der Waals surface area contributed by atoms with Gasteiger partial charge in [-0.05, 0) is 26.0 Å². The Hall–Kier alpha value is -1.33. The number of rotatable bonds is 6. The van der Waals surface area contributed by atoms with Gasteiger partial charge in [0.1, 0.15) is 5.78 Å². The normalized spacial score (nSPS) is 10.8. The zero-order valence-corrected chi connectivity index (χ0v) is 13.0. The molecule has 6 heteroatoms. The number of carbonyl (C=O) groups is 1. The lowest BCUT2D eigenvalue weighted by atomic mass is 10.2. The van der Waals surface area contributed by atoms with E-state index in [1.165, 1.54) is 0 Å². The first-order valence-electron chi connectivity index (χ1n) is 6.43. The summed E-state index contributed by atoms with van der Waals surface area (Å²) in [4.78, 5) is 11.0. The van der Waals surface area contributed by atoms with E-state index in [-0.39, 0.29) is 5.78 Å². The molecule has 1 aromatic heterocycles. The minimum atomic E-state index is 0.190. The summed E-state index contributed by atoms with van der Waals surface area (Å²) in [5.74, 6) is 1.72. The van der Waals surface area contributed by atoms with Crippen molar-refractivity contribution < 1.29 is 4.79 Å². The Labute approximate surface area is 127 Å². The summed E-state index contributed by atoms with van der Waals surface area (Å²) in [5, 5.41) is 9.97. The first kappa shape index (κ1) is 15.1. The Morgan fingerprint density at radius 1 is 1.40 bits per heavy atom. The Morgan fingerprint density at radius 3 is 2.85 bits per heavy atom. The molecule has 2 aromatic rings. The fourth-order valence-corrected chi connectivity index (χ4v) is 3.04. The van der Waals surface area contributed by atoms with Crippen LogP contribution in [-0.2, 0) is 11.3 Å². The minimum Gasteiger partial charge on any atom is -0.302 e. The Bertz CT molecular complexity index is 612. The molecule has 0 unspecified atom stereocenters. The number of halogens is 1. The maximum atomic E-state index is 11.0. The smallest absolute Gasteiger partial charge is 0.191 e. The predicted molar refractivity (Wildman–Crippen MR) is 82.2 cm³/mol. The van der Waals surface area contributed by atoms with Crippen molar-refractivity contribution in [3.05, 3.63) is 29.3 Å². The van der Waals surface area contributed by atoms with E-state index in [4.69, 9.17) is 11.6 Å². The molecule has 106 valence electrons. The quantitative estimate of drug-likeness (QED) is 0.764. The van der Waals surface area contributed by atoms with Crippen molar-refractivity contribution in [1.29, 1.82) is 0 Å². The summed E-state index contributed by atoms with van der Waals surface area (Å²) in [7, 11) is 0. The second-order valence-electron chi connectivity index (χ2n) is 4.36. The second-order valence-corrected chi connectivity index (χ2v) is 5.86. The van der Waals surface area contributed by atoms with E-state index in [1.54, 1.807) is 18.7 Å². The first-order valence-corrected chi connectivity index (χ1v) is 7.79.